The minimum absolute atomic E-state index is 0. The first-order valence-electron chi connectivity index (χ1n) is 10.5. The van der Waals surface area contributed by atoms with Crippen molar-refractivity contribution >= 4 is 41.0 Å². The van der Waals surface area contributed by atoms with Gasteiger partial charge in [-0.15, -0.1) is 12.4 Å². The Morgan fingerprint density at radius 2 is 1.70 bits per heavy atom. The molecular formula is C22H16ClF5N6O3. The summed E-state index contributed by atoms with van der Waals surface area (Å²) in [6.07, 6.45) is -3.48. The lowest BCUT2D eigenvalue weighted by molar-refractivity contribution is -0.159. The molecule has 1 fully saturated rings. The zero-order valence-electron chi connectivity index (χ0n) is 18.5. The second kappa shape index (κ2) is 9.76. The van der Waals surface area contributed by atoms with Gasteiger partial charge in [0, 0.05) is 37.1 Å². The molecule has 1 aliphatic rings. The Labute approximate surface area is 210 Å². The predicted octanol–water partition coefficient (Wildman–Crippen LogP) is 4.42. The Morgan fingerprint density at radius 1 is 1.00 bits per heavy atom. The van der Waals surface area contributed by atoms with Gasteiger partial charge in [-0.1, -0.05) is 6.07 Å². The number of nitrogens with zero attached hydrogens (tertiary/aromatic N) is 6. The highest BCUT2D eigenvalue weighted by atomic mass is 35.5. The Bertz CT molecular complexity index is 1470. The van der Waals surface area contributed by atoms with Gasteiger partial charge in [0.2, 0.25) is 0 Å². The van der Waals surface area contributed by atoms with Crippen LogP contribution in [-0.4, -0.2) is 57.4 Å². The molecule has 3 heterocycles. The van der Waals surface area contributed by atoms with Gasteiger partial charge in [-0.05, 0) is 35.0 Å². The second-order valence-electron chi connectivity index (χ2n) is 7.92. The molecule has 1 saturated heterocycles. The molecule has 0 saturated carbocycles. The van der Waals surface area contributed by atoms with Crippen LogP contribution in [0.15, 0.2) is 41.2 Å². The minimum Gasteiger partial charge on any atom is -0.478 e. The monoisotopic (exact) mass is 542 g/mol. The molecule has 9 nitrogen and oxygen atoms in total. The highest BCUT2D eigenvalue weighted by Gasteiger charge is 2.39. The normalized spacial score (nSPS) is 14.1. The van der Waals surface area contributed by atoms with Crippen molar-refractivity contribution in [2.45, 2.75) is 6.18 Å². The van der Waals surface area contributed by atoms with Crippen LogP contribution in [0.3, 0.4) is 0 Å². The number of piperazine rings is 1. The van der Waals surface area contributed by atoms with E-state index in [1.165, 1.54) is 29.4 Å². The molecule has 37 heavy (non-hydrogen) atoms. The van der Waals surface area contributed by atoms with Crippen LogP contribution in [0.4, 0.5) is 33.7 Å². The first-order chi connectivity index (χ1) is 17.1. The summed E-state index contributed by atoms with van der Waals surface area (Å²) in [6, 6.07) is 5.85. The number of carbonyl (C=O) groups is 1. The van der Waals surface area contributed by atoms with Crippen LogP contribution in [0.2, 0.25) is 0 Å². The maximum Gasteiger partial charge on any atom is 0.471 e. The van der Waals surface area contributed by atoms with Gasteiger partial charge in [0.05, 0.1) is 11.1 Å². The first kappa shape index (κ1) is 26.0. The summed E-state index contributed by atoms with van der Waals surface area (Å²) in [5, 5.41) is 12.8. The van der Waals surface area contributed by atoms with Crippen LogP contribution in [-0.2, 0) is 6.18 Å². The van der Waals surface area contributed by atoms with E-state index in [-0.39, 0.29) is 42.6 Å². The number of alkyl halides is 3. The average Bonchev–Trinajstić information content (AvgIpc) is 3.34. The number of anilines is 2. The van der Waals surface area contributed by atoms with Crippen LogP contribution in [0.5, 0.6) is 0 Å². The fourth-order valence-electron chi connectivity index (χ4n) is 4.03. The molecule has 1 N–H and O–H groups in total. The van der Waals surface area contributed by atoms with Gasteiger partial charge in [-0.3, -0.25) is 0 Å². The fourth-order valence-corrected chi connectivity index (χ4v) is 4.03. The quantitative estimate of drug-likeness (QED) is 0.375. The van der Waals surface area contributed by atoms with Crippen molar-refractivity contribution in [3.8, 4) is 11.1 Å². The number of carboxylic acid groups (broad SMARTS) is 1. The Hall–Kier alpha value is -4.07. The third-order valence-electron chi connectivity index (χ3n) is 5.71. The Morgan fingerprint density at radius 3 is 2.32 bits per heavy atom. The number of halogens is 6. The van der Waals surface area contributed by atoms with E-state index in [1.54, 1.807) is 0 Å². The van der Waals surface area contributed by atoms with Gasteiger partial charge in [-0.25, -0.2) is 23.5 Å². The van der Waals surface area contributed by atoms with Gasteiger partial charge in [0.25, 0.3) is 5.95 Å². The van der Waals surface area contributed by atoms with Gasteiger partial charge in [-0.2, -0.15) is 18.2 Å². The van der Waals surface area contributed by atoms with Gasteiger partial charge in [0.15, 0.2) is 0 Å². The zero-order chi connectivity index (χ0) is 25.6. The maximum absolute atomic E-state index is 14.6. The van der Waals surface area contributed by atoms with E-state index < -0.39 is 35.2 Å². The highest BCUT2D eigenvalue weighted by molar-refractivity contribution is 6.00. The molecule has 0 aliphatic carbocycles. The van der Waals surface area contributed by atoms with E-state index in [4.69, 9.17) is 5.11 Å². The number of hydrogen-bond acceptors (Lipinski definition) is 8. The van der Waals surface area contributed by atoms with Crippen LogP contribution >= 0.6 is 12.4 Å². The summed E-state index contributed by atoms with van der Waals surface area (Å²) in [5.74, 6) is -4.28. The fraction of sp³-hybridized carbons (Fsp3) is 0.227. The van der Waals surface area contributed by atoms with E-state index in [0.717, 1.165) is 12.1 Å². The molecule has 4 aromatic rings. The van der Waals surface area contributed by atoms with Crippen LogP contribution in [0.25, 0.3) is 22.0 Å². The molecule has 15 heteroatoms. The number of aromatic carboxylic acids is 1. The Balaban J connectivity index is 0.00000320. The number of carboxylic acids is 1. The third-order valence-corrected chi connectivity index (χ3v) is 5.71. The van der Waals surface area contributed by atoms with Crippen molar-refractivity contribution < 1.29 is 36.4 Å². The molecule has 2 aromatic carbocycles. The third kappa shape index (κ3) is 4.96. The largest absolute Gasteiger partial charge is 0.478 e. The summed E-state index contributed by atoms with van der Waals surface area (Å²) in [7, 11) is 0. The minimum atomic E-state index is -4.74. The average molecular weight is 543 g/mol. The standard InChI is InChI=1S/C22H15F5N6O3.ClH/c23-12-8-14(11-1-2-13(19(34)35)16(24)7-11)17-15(9-12)18(29-10-28-17)32-3-5-33(6-4-32)21-30-20(36-31-21)22(25,26)27;/h1-2,7-10H,3-6H2,(H,34,35);1H. The van der Waals surface area contributed by atoms with Crippen molar-refractivity contribution in [1.29, 1.82) is 0 Å². The molecule has 1 aliphatic heterocycles. The van der Waals surface area contributed by atoms with E-state index in [1.807, 2.05) is 4.90 Å². The predicted molar refractivity (Wildman–Crippen MR) is 123 cm³/mol. The molecule has 2 aromatic heterocycles. The van der Waals surface area contributed by atoms with Gasteiger partial charge >= 0.3 is 18.0 Å². The van der Waals surface area contributed by atoms with Crippen molar-refractivity contribution in [2.75, 3.05) is 36.0 Å². The summed E-state index contributed by atoms with van der Waals surface area (Å²) in [4.78, 5) is 26.4. The van der Waals surface area contributed by atoms with Crippen molar-refractivity contribution in [1.82, 2.24) is 20.1 Å². The SMILES string of the molecule is Cl.O=C(O)c1ccc(-c2cc(F)cc3c(N4CCN(c5noc(C(F)(F)F)n5)CC4)ncnc23)cc1F. The summed E-state index contributed by atoms with van der Waals surface area (Å²) in [6.45, 7) is 1.09. The lowest BCUT2D eigenvalue weighted by atomic mass is 10.00. The van der Waals surface area contributed by atoms with Crippen LogP contribution in [0, 0.1) is 11.6 Å². The molecule has 194 valence electrons. The second-order valence-corrected chi connectivity index (χ2v) is 7.92. The molecule has 0 amide bonds. The number of benzene rings is 2. The van der Waals surface area contributed by atoms with Gasteiger partial charge in [0.1, 0.15) is 23.8 Å². The van der Waals surface area contributed by atoms with Crippen molar-refractivity contribution in [3.05, 3.63) is 59.7 Å². The molecule has 0 spiro atoms. The lowest BCUT2D eigenvalue weighted by Crippen LogP contribution is -2.47. The zero-order valence-corrected chi connectivity index (χ0v) is 19.4. The van der Waals surface area contributed by atoms with Crippen LogP contribution in [0.1, 0.15) is 16.2 Å². The van der Waals surface area contributed by atoms with Gasteiger partial charge < -0.3 is 19.4 Å². The summed E-state index contributed by atoms with van der Waals surface area (Å²) < 4.78 is 71.5. The van der Waals surface area contributed by atoms with Crippen molar-refractivity contribution in [2.24, 2.45) is 0 Å². The molecule has 5 rings (SSSR count). The number of rotatable bonds is 4. The number of aromatic nitrogens is 4. The van der Waals surface area contributed by atoms with E-state index in [0.29, 0.717) is 29.8 Å². The van der Waals surface area contributed by atoms with E-state index >= 15 is 0 Å². The molecule has 0 unspecified atom stereocenters. The molecule has 0 atom stereocenters. The molecule has 0 bridgehead atoms. The maximum atomic E-state index is 14.6. The summed E-state index contributed by atoms with van der Waals surface area (Å²) >= 11 is 0. The van der Waals surface area contributed by atoms with E-state index in [2.05, 4.69) is 24.6 Å². The lowest BCUT2D eigenvalue weighted by Gasteiger charge is -2.35. The van der Waals surface area contributed by atoms with E-state index in [9.17, 15) is 26.7 Å². The van der Waals surface area contributed by atoms with Crippen molar-refractivity contribution in [3.63, 3.8) is 0 Å². The Kier molecular flexibility index (Phi) is 6.86. The first-order valence-corrected chi connectivity index (χ1v) is 10.5. The summed E-state index contributed by atoms with van der Waals surface area (Å²) in [5.41, 5.74) is 0.277. The molecular weight excluding hydrogens is 527 g/mol. The topological polar surface area (TPSA) is 108 Å². The number of fused-ring (bicyclic) bond motifs is 1. The smallest absolute Gasteiger partial charge is 0.471 e. The van der Waals surface area contributed by atoms with Crippen LogP contribution < -0.4 is 9.80 Å². The number of hydrogen-bond donors (Lipinski definition) is 1. The molecule has 0 radical (unpaired) electrons. The highest BCUT2D eigenvalue weighted by Crippen LogP contribution is 2.34.